The highest BCUT2D eigenvalue weighted by Crippen LogP contribution is 2.27. The van der Waals surface area contributed by atoms with E-state index >= 15 is 0 Å². The summed E-state index contributed by atoms with van der Waals surface area (Å²) >= 11 is 9.21. The molecule has 2 rings (SSSR count). The first kappa shape index (κ1) is 18.7. The highest BCUT2D eigenvalue weighted by Gasteiger charge is 2.09. The first-order valence-corrected chi connectivity index (χ1v) is 7.91. The van der Waals surface area contributed by atoms with Crippen LogP contribution < -0.4 is 10.2 Å². The van der Waals surface area contributed by atoms with Gasteiger partial charge in [-0.25, -0.2) is 5.43 Å². The van der Waals surface area contributed by atoms with Gasteiger partial charge in [-0.15, -0.1) is 0 Å². The Bertz CT molecular complexity index is 844. The number of carbonyl (C=O) groups is 1. The molecular formula is C15H11BrClN3O5. The van der Waals surface area contributed by atoms with Crippen LogP contribution in [0.15, 0.2) is 46.0 Å². The Morgan fingerprint density at radius 3 is 2.84 bits per heavy atom. The van der Waals surface area contributed by atoms with Crippen molar-refractivity contribution in [2.24, 2.45) is 5.10 Å². The molecule has 2 N–H and O–H groups in total. The summed E-state index contributed by atoms with van der Waals surface area (Å²) in [6, 6.07) is 8.38. The van der Waals surface area contributed by atoms with E-state index < -0.39 is 10.8 Å². The average Bonchev–Trinajstić information content (AvgIpc) is 2.55. The molecule has 0 bridgehead atoms. The van der Waals surface area contributed by atoms with Crippen molar-refractivity contribution in [3.63, 3.8) is 0 Å². The minimum absolute atomic E-state index is 0.0892. The van der Waals surface area contributed by atoms with Crippen molar-refractivity contribution in [1.82, 2.24) is 5.43 Å². The Kier molecular flexibility index (Phi) is 6.31. The van der Waals surface area contributed by atoms with Gasteiger partial charge in [-0.3, -0.25) is 14.9 Å². The molecule has 0 unspecified atom stereocenters. The summed E-state index contributed by atoms with van der Waals surface area (Å²) in [5, 5.41) is 24.3. The topological polar surface area (TPSA) is 114 Å². The summed E-state index contributed by atoms with van der Waals surface area (Å²) in [4.78, 5) is 21.8. The van der Waals surface area contributed by atoms with Gasteiger partial charge in [-0.2, -0.15) is 5.10 Å². The minimum Gasteiger partial charge on any atom is -0.507 e. The number of carbonyl (C=O) groups excluding carboxylic acids is 1. The molecular weight excluding hydrogens is 418 g/mol. The largest absolute Gasteiger partial charge is 0.507 e. The molecule has 0 saturated heterocycles. The highest BCUT2D eigenvalue weighted by molar-refractivity contribution is 9.10. The van der Waals surface area contributed by atoms with E-state index in [0.717, 1.165) is 22.8 Å². The van der Waals surface area contributed by atoms with Crippen molar-refractivity contribution < 1.29 is 19.6 Å². The molecule has 0 aliphatic carbocycles. The van der Waals surface area contributed by atoms with Crippen molar-refractivity contribution in [1.29, 1.82) is 0 Å². The molecule has 0 atom stereocenters. The van der Waals surface area contributed by atoms with E-state index in [-0.39, 0.29) is 23.6 Å². The second kappa shape index (κ2) is 8.45. The van der Waals surface area contributed by atoms with Crippen molar-refractivity contribution >= 4 is 45.3 Å². The van der Waals surface area contributed by atoms with E-state index in [1.807, 2.05) is 0 Å². The van der Waals surface area contributed by atoms with Crippen molar-refractivity contribution in [2.45, 2.75) is 0 Å². The van der Waals surface area contributed by atoms with Gasteiger partial charge in [-0.05, 0) is 24.3 Å². The third kappa shape index (κ3) is 5.44. The minimum atomic E-state index is -0.606. The number of hydrogen-bond acceptors (Lipinski definition) is 6. The molecule has 0 spiro atoms. The molecule has 25 heavy (non-hydrogen) atoms. The SMILES string of the molecule is O=C(COc1ccc(Br)cc1Cl)N/N=C/c1cc([N+](=O)[O-])ccc1O. The van der Waals surface area contributed by atoms with E-state index in [1.54, 1.807) is 18.2 Å². The molecule has 2 aromatic carbocycles. The first-order valence-electron chi connectivity index (χ1n) is 6.74. The number of nitro benzene ring substituents is 1. The summed E-state index contributed by atoms with van der Waals surface area (Å²) in [5.41, 5.74) is 2.06. The number of amides is 1. The standard InChI is InChI=1S/C15H11BrClN3O5/c16-10-1-4-14(12(17)6-10)25-8-15(22)19-18-7-9-5-11(20(23)24)2-3-13(9)21/h1-7,21H,8H2,(H,19,22)/b18-7+. The molecule has 0 radical (unpaired) electrons. The summed E-state index contributed by atoms with van der Waals surface area (Å²) < 4.78 is 6.03. The van der Waals surface area contributed by atoms with E-state index in [4.69, 9.17) is 16.3 Å². The monoisotopic (exact) mass is 427 g/mol. The summed E-state index contributed by atoms with van der Waals surface area (Å²) in [6.07, 6.45) is 1.09. The number of hydrogen-bond donors (Lipinski definition) is 2. The van der Waals surface area contributed by atoms with Crippen LogP contribution in [0.5, 0.6) is 11.5 Å². The number of rotatable bonds is 6. The molecule has 0 saturated carbocycles. The van der Waals surface area contributed by atoms with Crippen molar-refractivity contribution in [3.05, 3.63) is 61.6 Å². The number of halogens is 2. The average molecular weight is 429 g/mol. The van der Waals surface area contributed by atoms with Gasteiger partial charge in [0.25, 0.3) is 11.6 Å². The number of hydrazone groups is 1. The van der Waals surface area contributed by atoms with Gasteiger partial charge in [0.05, 0.1) is 16.2 Å². The van der Waals surface area contributed by atoms with Gasteiger partial charge in [0.1, 0.15) is 11.5 Å². The predicted molar refractivity (Wildman–Crippen MR) is 95.1 cm³/mol. The number of benzene rings is 2. The maximum absolute atomic E-state index is 11.7. The van der Waals surface area contributed by atoms with E-state index in [9.17, 15) is 20.0 Å². The molecule has 10 heteroatoms. The lowest BCUT2D eigenvalue weighted by molar-refractivity contribution is -0.384. The lowest BCUT2D eigenvalue weighted by atomic mass is 10.2. The summed E-state index contributed by atoms with van der Waals surface area (Å²) in [5.74, 6) is -0.443. The predicted octanol–water partition coefficient (Wildman–Crippen LogP) is 3.25. The number of non-ortho nitro benzene ring substituents is 1. The number of nitrogens with one attached hydrogen (secondary N) is 1. The molecule has 0 heterocycles. The van der Waals surface area contributed by atoms with Crippen LogP contribution in [-0.4, -0.2) is 28.8 Å². The molecule has 0 aliphatic heterocycles. The van der Waals surface area contributed by atoms with Gasteiger partial charge in [0.2, 0.25) is 0 Å². The Labute approximate surface area is 155 Å². The molecule has 0 aromatic heterocycles. The number of aromatic hydroxyl groups is 1. The molecule has 0 aliphatic rings. The fraction of sp³-hybridized carbons (Fsp3) is 0.0667. The number of ether oxygens (including phenoxy) is 1. The lowest BCUT2D eigenvalue weighted by Crippen LogP contribution is -2.24. The van der Waals surface area contributed by atoms with Gasteiger partial charge in [0, 0.05) is 22.2 Å². The summed E-state index contributed by atoms with van der Waals surface area (Å²) in [7, 11) is 0. The fourth-order valence-corrected chi connectivity index (χ4v) is 2.43. The number of phenolic OH excluding ortho intramolecular Hbond substituents is 1. The van der Waals surface area contributed by atoms with Crippen LogP contribution in [0.2, 0.25) is 5.02 Å². The number of nitrogens with zero attached hydrogens (tertiary/aromatic N) is 2. The third-order valence-electron chi connectivity index (χ3n) is 2.87. The normalized spacial score (nSPS) is 10.6. The number of phenols is 1. The second-order valence-corrected chi connectivity index (χ2v) is 5.98. The van der Waals surface area contributed by atoms with Crippen molar-refractivity contribution in [3.8, 4) is 11.5 Å². The lowest BCUT2D eigenvalue weighted by Gasteiger charge is -2.07. The van der Waals surface area contributed by atoms with E-state index in [1.165, 1.54) is 6.07 Å². The van der Waals surface area contributed by atoms with Crippen LogP contribution in [0, 0.1) is 10.1 Å². The maximum Gasteiger partial charge on any atom is 0.277 e. The fourth-order valence-electron chi connectivity index (χ4n) is 1.70. The zero-order valence-corrected chi connectivity index (χ0v) is 14.8. The maximum atomic E-state index is 11.7. The van der Waals surface area contributed by atoms with E-state index in [0.29, 0.717) is 10.8 Å². The highest BCUT2D eigenvalue weighted by atomic mass is 79.9. The quantitative estimate of drug-likeness (QED) is 0.416. The second-order valence-electron chi connectivity index (χ2n) is 4.66. The zero-order chi connectivity index (χ0) is 18.4. The molecule has 130 valence electrons. The van der Waals surface area contributed by atoms with E-state index in [2.05, 4.69) is 26.5 Å². The third-order valence-corrected chi connectivity index (χ3v) is 3.66. The molecule has 2 aromatic rings. The molecule has 8 nitrogen and oxygen atoms in total. The van der Waals surface area contributed by atoms with Crippen LogP contribution >= 0.6 is 27.5 Å². The van der Waals surface area contributed by atoms with Crippen LogP contribution in [-0.2, 0) is 4.79 Å². The van der Waals surface area contributed by atoms with Gasteiger partial charge >= 0.3 is 0 Å². The Hall–Kier alpha value is -2.65. The number of nitro groups is 1. The first-order chi connectivity index (χ1) is 11.9. The summed E-state index contributed by atoms with van der Waals surface area (Å²) in [6.45, 7) is -0.334. The Balaban J connectivity index is 1.92. The van der Waals surface area contributed by atoms with Crippen LogP contribution in [0.25, 0.3) is 0 Å². The molecule has 0 fully saturated rings. The van der Waals surface area contributed by atoms with Crippen LogP contribution in [0.3, 0.4) is 0 Å². The van der Waals surface area contributed by atoms with Crippen LogP contribution in [0.4, 0.5) is 5.69 Å². The Morgan fingerprint density at radius 2 is 2.16 bits per heavy atom. The van der Waals surface area contributed by atoms with Crippen molar-refractivity contribution in [2.75, 3.05) is 6.61 Å². The zero-order valence-electron chi connectivity index (χ0n) is 12.5. The molecule has 1 amide bonds. The Morgan fingerprint density at radius 1 is 1.40 bits per heavy atom. The smallest absolute Gasteiger partial charge is 0.277 e. The van der Waals surface area contributed by atoms with Gasteiger partial charge in [-0.1, -0.05) is 27.5 Å². The van der Waals surface area contributed by atoms with Gasteiger partial charge < -0.3 is 9.84 Å². The van der Waals surface area contributed by atoms with Crippen LogP contribution in [0.1, 0.15) is 5.56 Å². The van der Waals surface area contributed by atoms with Gasteiger partial charge in [0.15, 0.2) is 6.61 Å².